The van der Waals surface area contributed by atoms with Gasteiger partial charge in [-0.15, -0.1) is 13.2 Å². The van der Waals surface area contributed by atoms with Gasteiger partial charge in [0.25, 0.3) is 0 Å². The van der Waals surface area contributed by atoms with E-state index in [2.05, 4.69) is 11.3 Å². The van der Waals surface area contributed by atoms with Gasteiger partial charge in [0.1, 0.15) is 17.4 Å². The van der Waals surface area contributed by atoms with E-state index in [0.29, 0.717) is 5.69 Å². The number of hydrogen-bond donors (Lipinski definition) is 1. The summed E-state index contributed by atoms with van der Waals surface area (Å²) in [6.45, 7) is 3.31. The molecule has 0 saturated carbocycles. The van der Waals surface area contributed by atoms with Crippen LogP contribution in [-0.2, 0) is 4.79 Å². The summed E-state index contributed by atoms with van der Waals surface area (Å²) in [5.74, 6) is 1.33. The van der Waals surface area contributed by atoms with E-state index < -0.39 is 6.36 Å². The topological polar surface area (TPSA) is 49.8 Å². The average molecular weight is 301 g/mol. The van der Waals surface area contributed by atoms with Crippen molar-refractivity contribution < 1.29 is 27.8 Å². The maximum Gasteiger partial charge on any atom is 0.573 e. The maximum atomic E-state index is 12.0. The highest BCUT2D eigenvalue weighted by Crippen LogP contribution is 2.26. The molecule has 1 aromatic carbocycles. The molecule has 0 aliphatic heterocycles. The molecule has 1 aromatic rings. The van der Waals surface area contributed by atoms with Gasteiger partial charge in [0.2, 0.25) is 0 Å². The van der Waals surface area contributed by atoms with Crippen molar-refractivity contribution in [2.24, 2.45) is 0 Å². The summed E-state index contributed by atoms with van der Waals surface area (Å²) in [5.41, 5.74) is 0.737. The number of rotatable bonds is 6. The highest BCUT2D eigenvalue weighted by Gasteiger charge is 2.31. The molecule has 0 radical (unpaired) electrons. The van der Waals surface area contributed by atoms with Gasteiger partial charge in [0.05, 0.1) is 5.76 Å². The van der Waals surface area contributed by atoms with Crippen LogP contribution < -0.4 is 9.64 Å². The van der Waals surface area contributed by atoms with Crippen molar-refractivity contribution in [2.45, 2.75) is 19.2 Å². The van der Waals surface area contributed by atoms with Gasteiger partial charge in [-0.1, -0.05) is 6.58 Å². The molecule has 0 unspecified atom stereocenters. The van der Waals surface area contributed by atoms with Gasteiger partial charge in [-0.3, -0.25) is 0 Å². The van der Waals surface area contributed by atoms with Gasteiger partial charge in [0.15, 0.2) is 0 Å². The van der Waals surface area contributed by atoms with E-state index in [-0.39, 0.29) is 30.0 Å². The summed E-state index contributed by atoms with van der Waals surface area (Å²) in [6, 6.07) is 5.05. The first-order valence-corrected chi connectivity index (χ1v) is 5.93. The third-order valence-electron chi connectivity index (χ3n) is 2.63. The van der Waals surface area contributed by atoms with Gasteiger partial charge in [-0.05, 0) is 24.3 Å². The van der Waals surface area contributed by atoms with Gasteiger partial charge < -0.3 is 14.7 Å². The lowest BCUT2D eigenvalue weighted by Crippen LogP contribution is -2.18. The van der Waals surface area contributed by atoms with E-state index in [9.17, 15) is 18.0 Å². The van der Waals surface area contributed by atoms with Crippen LogP contribution >= 0.6 is 0 Å². The van der Waals surface area contributed by atoms with Crippen molar-refractivity contribution in [1.29, 1.82) is 0 Å². The fourth-order valence-electron chi connectivity index (χ4n) is 1.58. The Morgan fingerprint density at radius 1 is 1.33 bits per heavy atom. The SMILES string of the molecule is C=C(O)CCC(=C=O)N(C)c1ccc(OC(F)(F)F)cc1. The van der Waals surface area contributed by atoms with Crippen LogP contribution in [0.2, 0.25) is 0 Å². The van der Waals surface area contributed by atoms with Crippen LogP contribution in [0.4, 0.5) is 18.9 Å². The summed E-state index contributed by atoms with van der Waals surface area (Å²) in [4.78, 5) is 12.4. The number of allylic oxidation sites excluding steroid dienone is 2. The Morgan fingerprint density at radius 2 is 1.90 bits per heavy atom. The normalized spacial score (nSPS) is 10.7. The van der Waals surface area contributed by atoms with E-state index in [0.717, 1.165) is 12.1 Å². The number of ether oxygens (including phenoxy) is 1. The first kappa shape index (κ1) is 16.7. The second-order valence-corrected chi connectivity index (χ2v) is 4.22. The van der Waals surface area contributed by atoms with E-state index in [1.54, 1.807) is 13.0 Å². The minimum Gasteiger partial charge on any atom is -0.513 e. The predicted molar refractivity (Wildman–Crippen MR) is 71.7 cm³/mol. The summed E-state index contributed by atoms with van der Waals surface area (Å²) >= 11 is 0. The average Bonchev–Trinajstić information content (AvgIpc) is 2.37. The van der Waals surface area contributed by atoms with Crippen molar-refractivity contribution in [1.82, 2.24) is 0 Å². The van der Waals surface area contributed by atoms with Crippen LogP contribution in [0, 0.1) is 0 Å². The third-order valence-corrected chi connectivity index (χ3v) is 2.63. The highest BCUT2D eigenvalue weighted by atomic mass is 19.4. The van der Waals surface area contributed by atoms with Crippen molar-refractivity contribution in [3.05, 3.63) is 42.3 Å². The van der Waals surface area contributed by atoms with Gasteiger partial charge in [-0.25, -0.2) is 4.79 Å². The molecule has 114 valence electrons. The fourth-order valence-corrected chi connectivity index (χ4v) is 1.58. The number of hydrogen-bond acceptors (Lipinski definition) is 4. The molecular weight excluding hydrogens is 287 g/mol. The first-order chi connectivity index (χ1) is 9.73. The summed E-state index contributed by atoms with van der Waals surface area (Å²) in [6.07, 6.45) is -4.33. The van der Waals surface area contributed by atoms with Crippen LogP contribution in [0.5, 0.6) is 5.75 Å². The van der Waals surface area contributed by atoms with Crippen molar-refractivity contribution >= 4 is 11.6 Å². The molecule has 21 heavy (non-hydrogen) atoms. The maximum absolute atomic E-state index is 12.0. The van der Waals surface area contributed by atoms with E-state index in [1.807, 2.05) is 0 Å². The quantitative estimate of drug-likeness (QED) is 0.644. The minimum absolute atomic E-state index is 0.0647. The molecule has 0 aliphatic rings. The molecule has 0 aliphatic carbocycles. The Kier molecular flexibility index (Phi) is 5.44. The van der Waals surface area contributed by atoms with Crippen molar-refractivity contribution in [2.75, 3.05) is 11.9 Å². The van der Waals surface area contributed by atoms with Crippen LogP contribution in [0.15, 0.2) is 42.3 Å². The van der Waals surface area contributed by atoms with Gasteiger partial charge in [-0.2, -0.15) is 0 Å². The smallest absolute Gasteiger partial charge is 0.513 e. The van der Waals surface area contributed by atoms with Crippen LogP contribution in [0.3, 0.4) is 0 Å². The monoisotopic (exact) mass is 301 g/mol. The van der Waals surface area contributed by atoms with Crippen LogP contribution in [-0.4, -0.2) is 24.5 Å². The lowest BCUT2D eigenvalue weighted by molar-refractivity contribution is -0.274. The molecule has 0 spiro atoms. The number of aliphatic hydroxyl groups excluding tert-OH is 1. The van der Waals surface area contributed by atoms with Gasteiger partial charge >= 0.3 is 6.36 Å². The molecule has 0 amide bonds. The van der Waals surface area contributed by atoms with Crippen LogP contribution in [0.1, 0.15) is 12.8 Å². The zero-order valence-electron chi connectivity index (χ0n) is 11.3. The zero-order valence-corrected chi connectivity index (χ0v) is 11.3. The molecule has 1 rings (SSSR count). The number of alkyl halides is 3. The third kappa shape index (κ3) is 5.62. The fraction of sp³-hybridized carbons (Fsp3) is 0.286. The summed E-state index contributed by atoms with van der Waals surface area (Å²) in [7, 11) is 1.57. The molecule has 7 heteroatoms. The van der Waals surface area contributed by atoms with E-state index in [1.165, 1.54) is 17.0 Å². The van der Waals surface area contributed by atoms with Crippen LogP contribution in [0.25, 0.3) is 0 Å². The molecule has 0 heterocycles. The lowest BCUT2D eigenvalue weighted by atomic mass is 10.2. The number of aliphatic hydroxyl groups is 1. The number of carbonyl (C=O) groups excluding carboxylic acids is 1. The van der Waals surface area contributed by atoms with Crippen molar-refractivity contribution in [3.63, 3.8) is 0 Å². The molecular formula is C14H14F3NO3. The number of halogens is 3. The highest BCUT2D eigenvalue weighted by molar-refractivity contribution is 5.64. The van der Waals surface area contributed by atoms with E-state index >= 15 is 0 Å². The Morgan fingerprint density at radius 3 is 2.33 bits per heavy atom. The number of anilines is 1. The molecule has 0 fully saturated rings. The molecule has 0 saturated heterocycles. The minimum atomic E-state index is -4.75. The number of benzene rings is 1. The summed E-state index contributed by atoms with van der Waals surface area (Å²) < 4.78 is 39.9. The number of nitrogens with zero attached hydrogens (tertiary/aromatic N) is 1. The molecule has 0 atom stereocenters. The Hall–Kier alpha value is -2.40. The van der Waals surface area contributed by atoms with Crippen molar-refractivity contribution in [3.8, 4) is 5.75 Å². The van der Waals surface area contributed by atoms with Gasteiger partial charge in [0, 0.05) is 25.6 Å². The standard InChI is InChI=1S/C14H14F3NO3/c1-10(20)3-4-12(9-19)18(2)11-5-7-13(8-6-11)21-14(15,16)17/h5-8,20H,1,3-4H2,2H3. The predicted octanol–water partition coefficient (Wildman–Crippen LogP) is 3.59. The summed E-state index contributed by atoms with van der Waals surface area (Å²) in [5, 5.41) is 9.01. The second kappa shape index (κ2) is 6.85. The largest absolute Gasteiger partial charge is 0.573 e. The first-order valence-electron chi connectivity index (χ1n) is 5.93. The Labute approximate surface area is 119 Å². The molecule has 1 N–H and O–H groups in total. The van der Waals surface area contributed by atoms with E-state index in [4.69, 9.17) is 5.11 Å². The molecule has 0 aromatic heterocycles. The molecule has 0 bridgehead atoms. The Balaban J connectivity index is 2.80. The molecule has 4 nitrogen and oxygen atoms in total. The lowest BCUT2D eigenvalue weighted by Gasteiger charge is -2.20. The zero-order chi connectivity index (χ0) is 16.0. The Bertz CT molecular complexity index is 546. The second-order valence-electron chi connectivity index (χ2n) is 4.22.